The van der Waals surface area contributed by atoms with Crippen molar-refractivity contribution in [3.8, 4) is 5.75 Å². The topological polar surface area (TPSA) is 60.2 Å². The molecular weight excluding hydrogens is 254 g/mol. The third-order valence-electron chi connectivity index (χ3n) is 3.21. The zero-order valence-corrected chi connectivity index (χ0v) is 12.3. The Morgan fingerprint density at radius 3 is 2.80 bits per heavy atom. The van der Waals surface area contributed by atoms with E-state index in [2.05, 4.69) is 23.3 Å². The number of aromatic nitrogens is 3. The van der Waals surface area contributed by atoms with Crippen LogP contribution in [0.1, 0.15) is 35.9 Å². The van der Waals surface area contributed by atoms with Gasteiger partial charge in [0, 0.05) is 6.54 Å². The maximum Gasteiger partial charge on any atom is 0.132 e. The molecular formula is C15H21N3O2. The number of hydrogen-bond acceptors (Lipinski definition) is 4. The van der Waals surface area contributed by atoms with Crippen molar-refractivity contribution in [3.05, 3.63) is 40.7 Å². The lowest BCUT2D eigenvalue weighted by atomic mass is 10.1. The molecule has 1 aromatic carbocycles. The molecule has 0 amide bonds. The molecule has 0 saturated heterocycles. The fraction of sp³-hybridized carbons (Fsp3) is 0.467. The Morgan fingerprint density at radius 2 is 2.10 bits per heavy atom. The highest BCUT2D eigenvalue weighted by Crippen LogP contribution is 2.21. The molecule has 108 valence electrons. The van der Waals surface area contributed by atoms with Crippen LogP contribution in [0.3, 0.4) is 0 Å². The van der Waals surface area contributed by atoms with Gasteiger partial charge in [0.25, 0.3) is 0 Å². The van der Waals surface area contributed by atoms with Crippen molar-refractivity contribution in [3.63, 3.8) is 0 Å². The van der Waals surface area contributed by atoms with Gasteiger partial charge in [-0.2, -0.15) is 0 Å². The first-order valence-electron chi connectivity index (χ1n) is 6.87. The molecule has 2 aromatic rings. The smallest absolute Gasteiger partial charge is 0.132 e. The van der Waals surface area contributed by atoms with E-state index in [1.54, 1.807) is 4.68 Å². The fourth-order valence-electron chi connectivity index (χ4n) is 2.05. The molecule has 0 bridgehead atoms. The van der Waals surface area contributed by atoms with E-state index < -0.39 is 0 Å². The van der Waals surface area contributed by atoms with Gasteiger partial charge in [-0.15, -0.1) is 5.10 Å². The lowest BCUT2D eigenvalue weighted by molar-refractivity contribution is 0.260. The van der Waals surface area contributed by atoms with Crippen LogP contribution >= 0.6 is 0 Å². The minimum absolute atomic E-state index is 0.116. The number of hydrogen-bond donors (Lipinski definition) is 1. The largest absolute Gasteiger partial charge is 0.487 e. The summed E-state index contributed by atoms with van der Waals surface area (Å²) in [5.74, 6) is 0.859. The van der Waals surface area contributed by atoms with E-state index in [4.69, 9.17) is 4.74 Å². The van der Waals surface area contributed by atoms with Crippen molar-refractivity contribution in [1.82, 2.24) is 15.0 Å². The molecule has 1 heterocycles. The summed E-state index contributed by atoms with van der Waals surface area (Å²) in [4.78, 5) is 0. The summed E-state index contributed by atoms with van der Waals surface area (Å²) in [6.45, 7) is 7.16. The van der Waals surface area contributed by atoms with Crippen LogP contribution in [-0.2, 0) is 19.8 Å². The van der Waals surface area contributed by atoms with Gasteiger partial charge in [-0.3, -0.25) is 0 Å². The molecule has 0 atom stereocenters. The molecule has 20 heavy (non-hydrogen) atoms. The van der Waals surface area contributed by atoms with Crippen LogP contribution in [0.15, 0.2) is 18.2 Å². The number of benzene rings is 1. The first-order valence-corrected chi connectivity index (χ1v) is 6.87. The van der Waals surface area contributed by atoms with E-state index in [1.807, 2.05) is 26.0 Å². The predicted octanol–water partition coefficient (Wildman–Crippen LogP) is 2.38. The molecule has 5 nitrogen and oxygen atoms in total. The second kappa shape index (κ2) is 6.52. The molecule has 0 aliphatic heterocycles. The summed E-state index contributed by atoms with van der Waals surface area (Å²) >= 11 is 0. The molecule has 0 aliphatic rings. The van der Waals surface area contributed by atoms with Gasteiger partial charge >= 0.3 is 0 Å². The Labute approximate surface area is 119 Å². The Kier molecular flexibility index (Phi) is 4.74. The molecule has 2 rings (SSSR count). The Balaban J connectivity index is 2.17. The van der Waals surface area contributed by atoms with Crippen LogP contribution in [0, 0.1) is 13.8 Å². The van der Waals surface area contributed by atoms with Crippen LogP contribution in [0.2, 0.25) is 0 Å². The third kappa shape index (κ3) is 3.17. The first-order chi connectivity index (χ1) is 9.65. The van der Waals surface area contributed by atoms with Gasteiger partial charge < -0.3 is 9.84 Å². The monoisotopic (exact) mass is 275 g/mol. The van der Waals surface area contributed by atoms with E-state index in [0.717, 1.165) is 35.5 Å². The summed E-state index contributed by atoms with van der Waals surface area (Å²) in [5, 5.41) is 17.4. The minimum atomic E-state index is -0.116. The SMILES string of the molecule is CCCn1nnc(CO)c1COc1cc(C)ccc1C. The zero-order chi connectivity index (χ0) is 14.5. The number of rotatable bonds is 6. The zero-order valence-electron chi connectivity index (χ0n) is 12.3. The highest BCUT2D eigenvalue weighted by Gasteiger charge is 2.13. The van der Waals surface area contributed by atoms with Crippen LogP contribution in [0.4, 0.5) is 0 Å². The van der Waals surface area contributed by atoms with Crippen LogP contribution < -0.4 is 4.74 Å². The molecule has 0 spiro atoms. The van der Waals surface area contributed by atoms with E-state index >= 15 is 0 Å². The van der Waals surface area contributed by atoms with Gasteiger partial charge in [0.2, 0.25) is 0 Å². The van der Waals surface area contributed by atoms with Crippen molar-refractivity contribution in [2.45, 2.75) is 47.0 Å². The number of ether oxygens (including phenoxy) is 1. The van der Waals surface area contributed by atoms with Crippen molar-refractivity contribution in [1.29, 1.82) is 0 Å². The van der Waals surface area contributed by atoms with Gasteiger partial charge in [-0.25, -0.2) is 4.68 Å². The van der Waals surface area contributed by atoms with Gasteiger partial charge in [0.15, 0.2) is 0 Å². The number of aliphatic hydroxyl groups excluding tert-OH is 1. The van der Waals surface area contributed by atoms with Gasteiger partial charge in [-0.1, -0.05) is 24.3 Å². The third-order valence-corrected chi connectivity index (χ3v) is 3.21. The molecule has 0 saturated carbocycles. The molecule has 1 aromatic heterocycles. The molecule has 0 unspecified atom stereocenters. The van der Waals surface area contributed by atoms with E-state index in [9.17, 15) is 5.11 Å². The summed E-state index contributed by atoms with van der Waals surface area (Å²) in [7, 11) is 0. The highest BCUT2D eigenvalue weighted by molar-refractivity contribution is 5.36. The average molecular weight is 275 g/mol. The normalized spacial score (nSPS) is 10.8. The Bertz CT molecular complexity index is 578. The summed E-state index contributed by atoms with van der Waals surface area (Å²) in [6, 6.07) is 6.12. The lowest BCUT2D eigenvalue weighted by Gasteiger charge is -2.11. The second-order valence-corrected chi connectivity index (χ2v) is 4.92. The van der Waals surface area contributed by atoms with E-state index in [-0.39, 0.29) is 6.61 Å². The number of aryl methyl sites for hydroxylation is 3. The quantitative estimate of drug-likeness (QED) is 0.879. The first kappa shape index (κ1) is 14.5. The standard InChI is InChI=1S/C15H21N3O2/c1-4-7-18-14(13(9-19)16-17-18)10-20-15-8-11(2)5-6-12(15)3/h5-6,8,19H,4,7,9-10H2,1-3H3. The van der Waals surface area contributed by atoms with E-state index in [0.29, 0.717) is 12.3 Å². The molecule has 5 heteroatoms. The fourth-order valence-corrected chi connectivity index (χ4v) is 2.05. The summed E-state index contributed by atoms with van der Waals surface area (Å²) < 4.78 is 7.68. The van der Waals surface area contributed by atoms with Gasteiger partial charge in [-0.05, 0) is 37.5 Å². The second-order valence-electron chi connectivity index (χ2n) is 4.92. The lowest BCUT2D eigenvalue weighted by Crippen LogP contribution is -2.09. The van der Waals surface area contributed by atoms with Crippen LogP contribution in [-0.4, -0.2) is 20.1 Å². The van der Waals surface area contributed by atoms with Crippen molar-refractivity contribution in [2.24, 2.45) is 0 Å². The maximum absolute atomic E-state index is 9.32. The van der Waals surface area contributed by atoms with Crippen LogP contribution in [0.25, 0.3) is 0 Å². The van der Waals surface area contributed by atoms with Crippen molar-refractivity contribution in [2.75, 3.05) is 0 Å². The highest BCUT2D eigenvalue weighted by atomic mass is 16.5. The predicted molar refractivity (Wildman–Crippen MR) is 76.5 cm³/mol. The Morgan fingerprint density at radius 1 is 1.30 bits per heavy atom. The Hall–Kier alpha value is -1.88. The number of nitrogens with zero attached hydrogens (tertiary/aromatic N) is 3. The molecule has 0 aliphatic carbocycles. The van der Waals surface area contributed by atoms with E-state index in [1.165, 1.54) is 0 Å². The van der Waals surface area contributed by atoms with Crippen molar-refractivity contribution >= 4 is 0 Å². The summed E-state index contributed by atoms with van der Waals surface area (Å²) in [5.41, 5.74) is 3.68. The molecule has 1 N–H and O–H groups in total. The van der Waals surface area contributed by atoms with Gasteiger partial charge in [0.1, 0.15) is 23.7 Å². The number of aliphatic hydroxyl groups is 1. The molecule has 0 fully saturated rings. The maximum atomic E-state index is 9.32. The summed E-state index contributed by atoms with van der Waals surface area (Å²) in [6.07, 6.45) is 0.963. The van der Waals surface area contributed by atoms with Gasteiger partial charge in [0.05, 0.1) is 6.61 Å². The molecule has 0 radical (unpaired) electrons. The minimum Gasteiger partial charge on any atom is -0.487 e. The van der Waals surface area contributed by atoms with Crippen LogP contribution in [0.5, 0.6) is 5.75 Å². The average Bonchev–Trinajstić information content (AvgIpc) is 2.82. The van der Waals surface area contributed by atoms with Crippen molar-refractivity contribution < 1.29 is 9.84 Å².